The molecule has 10 rings (SSSR count). The molecule has 0 aliphatic rings. The van der Waals surface area contributed by atoms with Gasteiger partial charge < -0.3 is 4.42 Å². The molecule has 8 aromatic carbocycles. The van der Waals surface area contributed by atoms with Gasteiger partial charge in [0.05, 0.1) is 0 Å². The molecule has 0 fully saturated rings. The van der Waals surface area contributed by atoms with E-state index in [0.29, 0.717) is 17.5 Å². The zero-order chi connectivity index (χ0) is 35.1. The lowest BCUT2D eigenvalue weighted by Gasteiger charge is -2.10. The molecule has 0 bridgehead atoms. The van der Waals surface area contributed by atoms with Crippen LogP contribution in [0.25, 0.3) is 100 Å². The van der Waals surface area contributed by atoms with Gasteiger partial charge in [-0.1, -0.05) is 164 Å². The van der Waals surface area contributed by atoms with Crippen LogP contribution in [0.3, 0.4) is 0 Å². The van der Waals surface area contributed by atoms with E-state index < -0.39 is 0 Å². The highest BCUT2D eigenvalue weighted by molar-refractivity contribution is 6.13. The van der Waals surface area contributed by atoms with Gasteiger partial charge in [-0.15, -0.1) is 0 Å². The minimum atomic E-state index is 0.591. The maximum Gasteiger partial charge on any atom is 0.164 e. The maximum atomic E-state index is 6.44. The van der Waals surface area contributed by atoms with Crippen LogP contribution in [-0.2, 0) is 0 Å². The molecule has 2 heterocycles. The Labute approximate surface area is 306 Å². The third-order valence-electron chi connectivity index (χ3n) is 9.95. The first-order chi connectivity index (χ1) is 26.2. The Morgan fingerprint density at radius 1 is 0.302 bits per heavy atom. The summed E-state index contributed by atoms with van der Waals surface area (Å²) in [5.74, 6) is 1.81. The van der Waals surface area contributed by atoms with E-state index in [1.54, 1.807) is 0 Å². The highest BCUT2D eigenvalue weighted by atomic mass is 16.3. The van der Waals surface area contributed by atoms with Crippen molar-refractivity contribution in [1.29, 1.82) is 0 Å². The SMILES string of the molecule is c1ccc(-c2ccc(-c3nc(-c4ccc(-c5ccccc5)cc4)nc(-c4cccc5oc6ccc(-c7ccc8ccccc8c7)cc6c45)n3)cc2)cc1. The molecule has 0 saturated heterocycles. The number of benzene rings is 8. The van der Waals surface area contributed by atoms with Crippen molar-refractivity contribution in [3.05, 3.63) is 188 Å². The Hall–Kier alpha value is -7.17. The lowest BCUT2D eigenvalue weighted by molar-refractivity contribution is 0.669. The molecular weight excluding hydrogens is 647 g/mol. The normalized spacial score (nSPS) is 11.4. The average molecular weight is 678 g/mol. The van der Waals surface area contributed by atoms with Crippen molar-refractivity contribution >= 4 is 32.7 Å². The number of furan rings is 1. The van der Waals surface area contributed by atoms with Crippen molar-refractivity contribution in [3.8, 4) is 67.5 Å². The summed E-state index contributed by atoms with van der Waals surface area (Å²) >= 11 is 0. The van der Waals surface area contributed by atoms with Gasteiger partial charge >= 0.3 is 0 Å². The fourth-order valence-electron chi connectivity index (χ4n) is 7.20. The van der Waals surface area contributed by atoms with Gasteiger partial charge in [0.1, 0.15) is 11.2 Å². The van der Waals surface area contributed by atoms with Crippen LogP contribution >= 0.6 is 0 Å². The van der Waals surface area contributed by atoms with Gasteiger partial charge in [-0.05, 0) is 68.4 Å². The third-order valence-corrected chi connectivity index (χ3v) is 9.95. The molecule has 0 saturated carbocycles. The number of hydrogen-bond acceptors (Lipinski definition) is 4. The van der Waals surface area contributed by atoms with Crippen molar-refractivity contribution in [3.63, 3.8) is 0 Å². The summed E-state index contributed by atoms with van der Waals surface area (Å²) in [5.41, 5.74) is 11.2. The van der Waals surface area contributed by atoms with Crippen LogP contribution in [0.4, 0.5) is 0 Å². The van der Waals surface area contributed by atoms with Gasteiger partial charge in [0.2, 0.25) is 0 Å². The van der Waals surface area contributed by atoms with E-state index in [0.717, 1.165) is 72.0 Å². The summed E-state index contributed by atoms with van der Waals surface area (Å²) in [6.45, 7) is 0. The second-order valence-corrected chi connectivity index (χ2v) is 13.2. The summed E-state index contributed by atoms with van der Waals surface area (Å²) in [6.07, 6.45) is 0. The van der Waals surface area contributed by atoms with E-state index in [1.807, 2.05) is 24.3 Å². The van der Waals surface area contributed by atoms with Crippen molar-refractivity contribution in [1.82, 2.24) is 15.0 Å². The van der Waals surface area contributed by atoms with Crippen molar-refractivity contribution in [2.45, 2.75) is 0 Å². The highest BCUT2D eigenvalue weighted by Gasteiger charge is 2.19. The van der Waals surface area contributed by atoms with Crippen LogP contribution in [-0.4, -0.2) is 15.0 Å². The van der Waals surface area contributed by atoms with Crippen LogP contribution in [0.2, 0.25) is 0 Å². The maximum absolute atomic E-state index is 6.44. The fourth-order valence-corrected chi connectivity index (χ4v) is 7.20. The molecule has 0 N–H and O–H groups in total. The minimum absolute atomic E-state index is 0.591. The number of fused-ring (bicyclic) bond motifs is 4. The molecule has 4 nitrogen and oxygen atoms in total. The highest BCUT2D eigenvalue weighted by Crippen LogP contribution is 2.39. The lowest BCUT2D eigenvalue weighted by atomic mass is 9.98. The van der Waals surface area contributed by atoms with Crippen LogP contribution < -0.4 is 0 Å². The van der Waals surface area contributed by atoms with Crippen molar-refractivity contribution in [2.75, 3.05) is 0 Å². The average Bonchev–Trinajstić information content (AvgIpc) is 3.62. The standard InChI is InChI=1S/C49H31N3O/c1-3-10-32(11-4-1)35-18-23-37(24-19-35)47-50-48(38-25-20-36(21-26-38)33-12-5-2-6-13-33)52-49(51-47)42-16-9-17-45-46(42)43-31-41(28-29-44(43)53-45)40-27-22-34-14-7-8-15-39(34)30-40/h1-31H. The fraction of sp³-hybridized carbons (Fsp3) is 0. The van der Waals surface area contributed by atoms with Crippen molar-refractivity contribution in [2.24, 2.45) is 0 Å². The molecule has 4 heteroatoms. The van der Waals surface area contributed by atoms with Gasteiger partial charge in [0.15, 0.2) is 17.5 Å². The molecule has 0 spiro atoms. The number of rotatable bonds is 6. The van der Waals surface area contributed by atoms with Gasteiger partial charge in [0.25, 0.3) is 0 Å². The molecule has 10 aromatic rings. The monoisotopic (exact) mass is 677 g/mol. The molecule has 0 atom stereocenters. The smallest absolute Gasteiger partial charge is 0.164 e. The molecule has 53 heavy (non-hydrogen) atoms. The summed E-state index contributed by atoms with van der Waals surface area (Å²) in [4.78, 5) is 15.4. The predicted molar refractivity (Wildman–Crippen MR) is 217 cm³/mol. The number of aromatic nitrogens is 3. The Bertz CT molecular complexity index is 2810. The Kier molecular flexibility index (Phi) is 7.43. The number of hydrogen-bond donors (Lipinski definition) is 0. The van der Waals surface area contributed by atoms with E-state index in [9.17, 15) is 0 Å². The van der Waals surface area contributed by atoms with Crippen LogP contribution in [0.5, 0.6) is 0 Å². The summed E-state index contributed by atoms with van der Waals surface area (Å²) < 4.78 is 6.44. The summed E-state index contributed by atoms with van der Waals surface area (Å²) in [6, 6.07) is 65.2. The van der Waals surface area contributed by atoms with E-state index in [1.165, 1.54) is 10.8 Å². The molecule has 2 aromatic heterocycles. The molecule has 0 radical (unpaired) electrons. The van der Waals surface area contributed by atoms with E-state index in [2.05, 4.69) is 164 Å². The zero-order valence-electron chi connectivity index (χ0n) is 28.6. The predicted octanol–water partition coefficient (Wildman–Crippen LogP) is 12.9. The van der Waals surface area contributed by atoms with Gasteiger partial charge in [-0.25, -0.2) is 15.0 Å². The van der Waals surface area contributed by atoms with Crippen LogP contribution in [0, 0.1) is 0 Å². The van der Waals surface area contributed by atoms with Crippen LogP contribution in [0.1, 0.15) is 0 Å². The third kappa shape index (κ3) is 5.73. The topological polar surface area (TPSA) is 51.8 Å². The second-order valence-electron chi connectivity index (χ2n) is 13.2. The first-order valence-electron chi connectivity index (χ1n) is 17.8. The Morgan fingerprint density at radius 3 is 1.43 bits per heavy atom. The van der Waals surface area contributed by atoms with Gasteiger partial charge in [-0.2, -0.15) is 0 Å². The molecular formula is C49H31N3O. The lowest BCUT2D eigenvalue weighted by Crippen LogP contribution is -2.00. The van der Waals surface area contributed by atoms with E-state index in [-0.39, 0.29) is 0 Å². The molecule has 248 valence electrons. The number of nitrogens with zero attached hydrogens (tertiary/aromatic N) is 3. The Morgan fingerprint density at radius 2 is 0.792 bits per heavy atom. The van der Waals surface area contributed by atoms with Crippen molar-refractivity contribution < 1.29 is 4.42 Å². The molecule has 0 aliphatic carbocycles. The zero-order valence-corrected chi connectivity index (χ0v) is 28.6. The molecule has 0 aliphatic heterocycles. The first-order valence-corrected chi connectivity index (χ1v) is 17.8. The molecule has 0 amide bonds. The van der Waals surface area contributed by atoms with Gasteiger partial charge in [-0.3, -0.25) is 0 Å². The van der Waals surface area contributed by atoms with Crippen LogP contribution in [0.15, 0.2) is 192 Å². The summed E-state index contributed by atoms with van der Waals surface area (Å²) in [7, 11) is 0. The first kappa shape index (κ1) is 30.6. The van der Waals surface area contributed by atoms with E-state index >= 15 is 0 Å². The minimum Gasteiger partial charge on any atom is -0.456 e. The van der Waals surface area contributed by atoms with E-state index in [4.69, 9.17) is 19.4 Å². The summed E-state index contributed by atoms with van der Waals surface area (Å²) in [5, 5.41) is 4.43. The quantitative estimate of drug-likeness (QED) is 0.176. The van der Waals surface area contributed by atoms with Gasteiger partial charge in [0, 0.05) is 27.5 Å². The Balaban J connectivity index is 1.13. The second kappa shape index (κ2) is 12.9. The molecule has 0 unspecified atom stereocenters. The largest absolute Gasteiger partial charge is 0.456 e.